The highest BCUT2D eigenvalue weighted by atomic mass is 35.5. The van der Waals surface area contributed by atoms with Crippen molar-refractivity contribution in [1.29, 1.82) is 0 Å². The molecule has 0 aliphatic carbocycles. The van der Waals surface area contributed by atoms with Crippen molar-refractivity contribution in [1.82, 2.24) is 0 Å². The molecular formula is C17H15ClO3. The number of hydrogen-bond acceptors (Lipinski definition) is 2. The molecule has 1 N–H and O–H groups in total. The van der Waals surface area contributed by atoms with Crippen LogP contribution >= 0.6 is 11.6 Å². The lowest BCUT2D eigenvalue weighted by Crippen LogP contribution is -1.93. The number of ether oxygens (including phenoxy) is 1. The number of benzene rings is 2. The van der Waals surface area contributed by atoms with Crippen LogP contribution in [0.5, 0.6) is 11.5 Å². The van der Waals surface area contributed by atoms with Crippen molar-refractivity contribution in [2.75, 3.05) is 0 Å². The second kappa shape index (κ2) is 6.46. The normalized spacial score (nSPS) is 10.8. The first kappa shape index (κ1) is 15.1. The lowest BCUT2D eigenvalue weighted by molar-refractivity contribution is -0.131. The fraction of sp³-hybridized carbons (Fsp3) is 0.118. The van der Waals surface area contributed by atoms with Gasteiger partial charge in [-0.2, -0.15) is 0 Å². The summed E-state index contributed by atoms with van der Waals surface area (Å²) in [6, 6.07) is 10.9. The molecule has 108 valence electrons. The predicted molar refractivity (Wildman–Crippen MR) is 84.1 cm³/mol. The van der Waals surface area contributed by atoms with E-state index in [2.05, 4.69) is 0 Å². The van der Waals surface area contributed by atoms with Crippen molar-refractivity contribution >= 4 is 23.6 Å². The van der Waals surface area contributed by atoms with Crippen LogP contribution in [0.3, 0.4) is 0 Å². The summed E-state index contributed by atoms with van der Waals surface area (Å²) in [7, 11) is 0. The van der Waals surface area contributed by atoms with Crippen LogP contribution in [0.25, 0.3) is 6.08 Å². The summed E-state index contributed by atoms with van der Waals surface area (Å²) in [5, 5.41) is 9.27. The number of hydrogen-bond donors (Lipinski definition) is 1. The van der Waals surface area contributed by atoms with E-state index in [1.54, 1.807) is 18.2 Å². The summed E-state index contributed by atoms with van der Waals surface area (Å²) in [4.78, 5) is 10.7. The molecule has 0 bridgehead atoms. The number of carboxylic acids is 1. The number of rotatable bonds is 4. The predicted octanol–water partition coefficient (Wildman–Crippen LogP) is 4.85. The maximum Gasteiger partial charge on any atom is 0.328 e. The van der Waals surface area contributed by atoms with Gasteiger partial charge >= 0.3 is 5.97 Å². The van der Waals surface area contributed by atoms with Crippen LogP contribution in [0, 0.1) is 13.8 Å². The van der Waals surface area contributed by atoms with Gasteiger partial charge in [-0.3, -0.25) is 0 Å². The SMILES string of the molecule is Cc1cccc(Oc2cc(Cl)ccc2/C=C/C(=O)O)c1C. The van der Waals surface area contributed by atoms with Gasteiger partial charge in [0.05, 0.1) is 0 Å². The fourth-order valence-corrected chi connectivity index (χ4v) is 2.01. The molecule has 2 rings (SSSR count). The zero-order valence-corrected chi connectivity index (χ0v) is 12.5. The van der Waals surface area contributed by atoms with E-state index >= 15 is 0 Å². The van der Waals surface area contributed by atoms with Gasteiger partial charge in [-0.15, -0.1) is 0 Å². The Bertz CT molecular complexity index is 705. The Balaban J connectivity index is 2.40. The van der Waals surface area contributed by atoms with Gasteiger partial charge < -0.3 is 9.84 Å². The number of carboxylic acid groups (broad SMARTS) is 1. The van der Waals surface area contributed by atoms with E-state index in [1.807, 2.05) is 32.0 Å². The van der Waals surface area contributed by atoms with Crippen molar-refractivity contribution in [3.63, 3.8) is 0 Å². The molecular weight excluding hydrogens is 288 g/mol. The Morgan fingerprint density at radius 1 is 1.19 bits per heavy atom. The first-order chi connectivity index (χ1) is 9.97. The number of carbonyl (C=O) groups is 1. The molecule has 0 amide bonds. The van der Waals surface area contributed by atoms with E-state index in [4.69, 9.17) is 21.4 Å². The highest BCUT2D eigenvalue weighted by Gasteiger charge is 2.07. The summed E-state index contributed by atoms with van der Waals surface area (Å²) >= 11 is 6.00. The standard InChI is InChI=1S/C17H15ClO3/c1-11-4-3-5-15(12(11)2)21-16-10-14(18)8-6-13(16)7-9-17(19)20/h3-10H,1-2H3,(H,19,20)/b9-7+. The van der Waals surface area contributed by atoms with Crippen molar-refractivity contribution in [2.24, 2.45) is 0 Å². The van der Waals surface area contributed by atoms with Gasteiger partial charge in [0.15, 0.2) is 0 Å². The Morgan fingerprint density at radius 3 is 2.67 bits per heavy atom. The van der Waals surface area contributed by atoms with E-state index in [0.29, 0.717) is 16.3 Å². The lowest BCUT2D eigenvalue weighted by Gasteiger charge is -2.13. The molecule has 0 saturated carbocycles. The molecule has 2 aromatic carbocycles. The van der Waals surface area contributed by atoms with Crippen LogP contribution in [0.4, 0.5) is 0 Å². The van der Waals surface area contributed by atoms with Gasteiger partial charge in [0.1, 0.15) is 11.5 Å². The first-order valence-corrected chi connectivity index (χ1v) is 6.80. The molecule has 0 heterocycles. The molecule has 0 aliphatic rings. The van der Waals surface area contributed by atoms with Crippen molar-refractivity contribution in [3.8, 4) is 11.5 Å². The lowest BCUT2D eigenvalue weighted by atomic mass is 10.1. The summed E-state index contributed by atoms with van der Waals surface area (Å²) < 4.78 is 5.91. The molecule has 0 spiro atoms. The fourth-order valence-electron chi connectivity index (χ4n) is 1.85. The Morgan fingerprint density at radius 2 is 1.95 bits per heavy atom. The Kier molecular flexibility index (Phi) is 4.66. The summed E-state index contributed by atoms with van der Waals surface area (Å²) in [6.07, 6.45) is 2.55. The second-order valence-corrected chi connectivity index (χ2v) is 5.09. The second-order valence-electron chi connectivity index (χ2n) is 4.65. The van der Waals surface area contributed by atoms with Gasteiger partial charge in [0, 0.05) is 22.7 Å². The van der Waals surface area contributed by atoms with E-state index in [-0.39, 0.29) is 0 Å². The third-order valence-corrected chi connectivity index (χ3v) is 3.39. The minimum atomic E-state index is -1.01. The highest BCUT2D eigenvalue weighted by Crippen LogP contribution is 2.32. The van der Waals surface area contributed by atoms with Crippen LogP contribution in [-0.4, -0.2) is 11.1 Å². The molecule has 0 aliphatic heterocycles. The van der Waals surface area contributed by atoms with E-state index in [0.717, 1.165) is 23.0 Å². The van der Waals surface area contributed by atoms with Gasteiger partial charge in [0.25, 0.3) is 0 Å². The quantitative estimate of drug-likeness (QED) is 0.821. The zero-order chi connectivity index (χ0) is 15.4. The van der Waals surface area contributed by atoms with Gasteiger partial charge in [-0.1, -0.05) is 23.7 Å². The Hall–Kier alpha value is -2.26. The summed E-state index contributed by atoms with van der Waals surface area (Å²) in [5.74, 6) is 0.235. The highest BCUT2D eigenvalue weighted by molar-refractivity contribution is 6.30. The summed E-state index contributed by atoms with van der Waals surface area (Å²) in [6.45, 7) is 3.98. The minimum Gasteiger partial charge on any atom is -0.478 e. The maximum absolute atomic E-state index is 10.7. The molecule has 0 aromatic heterocycles. The molecule has 0 unspecified atom stereocenters. The zero-order valence-electron chi connectivity index (χ0n) is 11.8. The van der Waals surface area contributed by atoms with Crippen LogP contribution in [0.1, 0.15) is 16.7 Å². The Labute approximate surface area is 128 Å². The third-order valence-electron chi connectivity index (χ3n) is 3.16. The van der Waals surface area contributed by atoms with Gasteiger partial charge in [0.2, 0.25) is 0 Å². The average Bonchev–Trinajstić information content (AvgIpc) is 2.43. The van der Waals surface area contributed by atoms with Gasteiger partial charge in [-0.05, 0) is 49.2 Å². The molecule has 0 atom stereocenters. The molecule has 3 nitrogen and oxygen atoms in total. The molecule has 0 fully saturated rings. The molecule has 21 heavy (non-hydrogen) atoms. The van der Waals surface area contributed by atoms with Crippen LogP contribution in [0.2, 0.25) is 5.02 Å². The third kappa shape index (κ3) is 3.86. The summed E-state index contributed by atoms with van der Waals surface area (Å²) in [5.41, 5.74) is 2.81. The average molecular weight is 303 g/mol. The van der Waals surface area contributed by atoms with E-state index in [1.165, 1.54) is 6.08 Å². The topological polar surface area (TPSA) is 46.5 Å². The molecule has 0 radical (unpaired) electrons. The number of aliphatic carboxylic acids is 1. The van der Waals surface area contributed by atoms with Crippen LogP contribution < -0.4 is 4.74 Å². The van der Waals surface area contributed by atoms with E-state index in [9.17, 15) is 4.79 Å². The first-order valence-electron chi connectivity index (χ1n) is 6.42. The molecule has 0 saturated heterocycles. The van der Waals surface area contributed by atoms with E-state index < -0.39 is 5.97 Å². The largest absolute Gasteiger partial charge is 0.478 e. The van der Waals surface area contributed by atoms with Crippen molar-refractivity contribution in [2.45, 2.75) is 13.8 Å². The number of halogens is 1. The van der Waals surface area contributed by atoms with Gasteiger partial charge in [-0.25, -0.2) is 4.79 Å². The van der Waals surface area contributed by atoms with Crippen molar-refractivity contribution in [3.05, 3.63) is 64.2 Å². The number of aryl methyl sites for hydroxylation is 1. The monoisotopic (exact) mass is 302 g/mol. The van der Waals surface area contributed by atoms with Crippen LogP contribution in [-0.2, 0) is 4.79 Å². The van der Waals surface area contributed by atoms with Crippen molar-refractivity contribution < 1.29 is 14.6 Å². The molecule has 4 heteroatoms. The minimum absolute atomic E-state index is 0.522. The molecule has 2 aromatic rings. The van der Waals surface area contributed by atoms with Crippen LogP contribution in [0.15, 0.2) is 42.5 Å². The smallest absolute Gasteiger partial charge is 0.328 e. The maximum atomic E-state index is 10.7.